The maximum absolute atomic E-state index is 11.4. The van der Waals surface area contributed by atoms with Crippen molar-refractivity contribution in [1.29, 1.82) is 0 Å². The number of nitrogens with one attached hydrogen (secondary N) is 1. The van der Waals surface area contributed by atoms with Crippen molar-refractivity contribution in [2.45, 2.75) is 49.8 Å². The number of alkyl halides is 6. The molecule has 3 rings (SSSR count). The zero-order valence-electron chi connectivity index (χ0n) is 18.8. The van der Waals surface area contributed by atoms with Gasteiger partial charge >= 0.3 is 24.3 Å². The van der Waals surface area contributed by atoms with E-state index >= 15 is 0 Å². The van der Waals surface area contributed by atoms with Gasteiger partial charge in [0.2, 0.25) is 10.0 Å². The van der Waals surface area contributed by atoms with Gasteiger partial charge in [-0.1, -0.05) is 6.07 Å². The molecule has 10 nitrogen and oxygen atoms in total. The van der Waals surface area contributed by atoms with Crippen molar-refractivity contribution in [3.8, 4) is 0 Å². The molecule has 17 heteroatoms. The first-order valence-corrected chi connectivity index (χ1v) is 12.0. The number of carbonyl (C=O) groups is 2. The van der Waals surface area contributed by atoms with E-state index in [0.717, 1.165) is 38.9 Å². The molecular formula is C19H25F6N3O7S. The molecule has 2 saturated heterocycles. The Morgan fingerprint density at radius 2 is 1.75 bits per heavy atom. The summed E-state index contributed by atoms with van der Waals surface area (Å²) in [6.07, 6.45) is -2.82. The van der Waals surface area contributed by atoms with E-state index in [0.29, 0.717) is 6.61 Å². The normalized spacial score (nSPS) is 22.7. The summed E-state index contributed by atoms with van der Waals surface area (Å²) < 4.78 is 95.1. The van der Waals surface area contributed by atoms with Crippen molar-refractivity contribution in [2.75, 3.05) is 26.0 Å². The highest BCUT2D eigenvalue weighted by Crippen LogP contribution is 2.35. The summed E-state index contributed by atoms with van der Waals surface area (Å²) in [6.45, 7) is 3.31. The molecule has 0 unspecified atom stereocenters. The number of halogens is 6. The van der Waals surface area contributed by atoms with Crippen LogP contribution in [0.5, 0.6) is 0 Å². The van der Waals surface area contributed by atoms with Crippen LogP contribution in [0.4, 0.5) is 26.3 Å². The number of sulfonamides is 1. The lowest BCUT2D eigenvalue weighted by Gasteiger charge is -2.38. The Kier molecular flexibility index (Phi) is 11.1. The molecule has 0 saturated carbocycles. The smallest absolute Gasteiger partial charge is 0.475 e. The van der Waals surface area contributed by atoms with Gasteiger partial charge in [0.25, 0.3) is 0 Å². The molecule has 3 N–H and O–H groups in total. The first-order valence-electron chi connectivity index (χ1n) is 10.2. The predicted molar refractivity (Wildman–Crippen MR) is 111 cm³/mol. The van der Waals surface area contributed by atoms with E-state index < -0.39 is 34.3 Å². The molecule has 0 aromatic carbocycles. The van der Waals surface area contributed by atoms with Crippen molar-refractivity contribution >= 4 is 22.0 Å². The number of likely N-dealkylation sites (tertiary alicyclic amines) is 1. The number of aliphatic carboxylic acids is 2. The fourth-order valence-electron chi connectivity index (χ4n) is 3.53. The van der Waals surface area contributed by atoms with E-state index in [1.54, 1.807) is 6.20 Å². The van der Waals surface area contributed by atoms with Crippen molar-refractivity contribution in [1.82, 2.24) is 14.6 Å². The van der Waals surface area contributed by atoms with Crippen molar-refractivity contribution in [3.63, 3.8) is 0 Å². The molecule has 3 heterocycles. The Morgan fingerprint density at radius 3 is 2.19 bits per heavy atom. The number of carboxylic acid groups (broad SMARTS) is 2. The number of hydrogen-bond acceptors (Lipinski definition) is 7. The van der Waals surface area contributed by atoms with Gasteiger partial charge in [-0.15, -0.1) is 0 Å². The van der Waals surface area contributed by atoms with Crippen molar-refractivity contribution < 1.29 is 59.3 Å². The Morgan fingerprint density at radius 1 is 1.19 bits per heavy atom. The topological polar surface area (TPSA) is 146 Å². The number of rotatable bonds is 4. The second-order valence-corrected chi connectivity index (χ2v) is 9.82. The highest BCUT2D eigenvalue weighted by atomic mass is 32.2. The van der Waals surface area contributed by atoms with Gasteiger partial charge in [0, 0.05) is 44.7 Å². The molecule has 0 radical (unpaired) electrons. The van der Waals surface area contributed by atoms with Gasteiger partial charge in [-0.3, -0.25) is 9.88 Å². The van der Waals surface area contributed by atoms with E-state index in [9.17, 15) is 34.8 Å². The Bertz CT molecular complexity index is 952. The van der Waals surface area contributed by atoms with Gasteiger partial charge in [0.15, 0.2) is 0 Å². The van der Waals surface area contributed by atoms with E-state index in [1.807, 2.05) is 12.3 Å². The first-order chi connectivity index (χ1) is 16.3. The molecule has 2 aliphatic heterocycles. The third-order valence-electron chi connectivity index (χ3n) is 4.88. The van der Waals surface area contributed by atoms with Crippen LogP contribution in [0.25, 0.3) is 0 Å². The second-order valence-electron chi connectivity index (χ2n) is 8.04. The van der Waals surface area contributed by atoms with E-state index in [1.165, 1.54) is 11.8 Å². The summed E-state index contributed by atoms with van der Waals surface area (Å²) in [5.74, 6) is -5.51. The van der Waals surface area contributed by atoms with Crippen LogP contribution in [-0.4, -0.2) is 90.4 Å². The second kappa shape index (κ2) is 12.6. The summed E-state index contributed by atoms with van der Waals surface area (Å²) in [5.41, 5.74) is 0.990. The fourth-order valence-corrected chi connectivity index (χ4v) is 4.33. The van der Waals surface area contributed by atoms with Crippen LogP contribution < -0.4 is 4.72 Å². The lowest BCUT2D eigenvalue weighted by molar-refractivity contribution is -0.193. The van der Waals surface area contributed by atoms with Gasteiger partial charge in [-0.2, -0.15) is 26.3 Å². The average Bonchev–Trinajstić information content (AvgIpc) is 3.08. The minimum atomic E-state index is -5.08. The highest BCUT2D eigenvalue weighted by Gasteiger charge is 2.43. The minimum Gasteiger partial charge on any atom is -0.475 e. The maximum atomic E-state index is 11.4. The minimum absolute atomic E-state index is 0.0120. The molecule has 36 heavy (non-hydrogen) atoms. The lowest BCUT2D eigenvalue weighted by Crippen LogP contribution is -2.49. The Balaban J connectivity index is 0.000000383. The van der Waals surface area contributed by atoms with E-state index in [2.05, 4.69) is 20.7 Å². The number of pyridine rings is 1. The van der Waals surface area contributed by atoms with Crippen LogP contribution in [0.1, 0.15) is 24.8 Å². The van der Waals surface area contributed by atoms with Gasteiger partial charge in [0.1, 0.15) is 0 Å². The summed E-state index contributed by atoms with van der Waals surface area (Å²) in [4.78, 5) is 24.3. The number of aromatic nitrogens is 1. The largest absolute Gasteiger partial charge is 0.490 e. The van der Waals surface area contributed by atoms with E-state index in [4.69, 9.17) is 24.5 Å². The van der Waals surface area contributed by atoms with E-state index in [-0.39, 0.29) is 11.6 Å². The summed E-state index contributed by atoms with van der Waals surface area (Å²) in [5, 5.41) is 14.2. The van der Waals surface area contributed by atoms with Crippen LogP contribution in [0.15, 0.2) is 24.5 Å². The van der Waals surface area contributed by atoms with Crippen molar-refractivity contribution in [3.05, 3.63) is 30.1 Å². The zero-order valence-corrected chi connectivity index (χ0v) is 19.7. The molecule has 206 valence electrons. The molecule has 2 aliphatic rings. The monoisotopic (exact) mass is 553 g/mol. The van der Waals surface area contributed by atoms with Crippen LogP contribution in [0.2, 0.25) is 0 Å². The number of hydrogen-bond donors (Lipinski definition) is 3. The van der Waals surface area contributed by atoms with Crippen LogP contribution in [0.3, 0.4) is 0 Å². The lowest BCUT2D eigenvalue weighted by atomic mass is 9.90. The molecular weight excluding hydrogens is 528 g/mol. The molecule has 2 fully saturated rings. The molecule has 1 aromatic rings. The zero-order chi connectivity index (χ0) is 27.8. The standard InChI is InChI=1S/C15H23N3O3S.2C2HF3O2/c1-22(19,20)17-14-4-8-21-15(9-14)5-7-18(12-15)11-13-3-2-6-16-10-13;2*3-2(4,5)1(6)7/h2-3,6,10,14,17H,4-5,7-9,11-12H2,1H3;2*(H,6,7)/t14-,15+;;/m0../s1. The molecule has 1 spiro atoms. The quantitative estimate of drug-likeness (QED) is 0.477. The maximum Gasteiger partial charge on any atom is 0.490 e. The molecule has 2 atom stereocenters. The van der Waals surface area contributed by atoms with Crippen LogP contribution in [-0.2, 0) is 30.9 Å². The fraction of sp³-hybridized carbons (Fsp3) is 0.632. The van der Waals surface area contributed by atoms with Gasteiger partial charge in [-0.05, 0) is 30.9 Å². The highest BCUT2D eigenvalue weighted by molar-refractivity contribution is 7.88. The van der Waals surface area contributed by atoms with Gasteiger partial charge < -0.3 is 14.9 Å². The summed E-state index contributed by atoms with van der Waals surface area (Å²) in [7, 11) is -3.16. The van der Waals surface area contributed by atoms with Crippen LogP contribution in [0, 0.1) is 0 Å². The number of nitrogens with zero attached hydrogens (tertiary/aromatic N) is 2. The third kappa shape index (κ3) is 12.0. The number of ether oxygens (including phenoxy) is 1. The summed E-state index contributed by atoms with van der Waals surface area (Å²) >= 11 is 0. The van der Waals surface area contributed by atoms with Crippen LogP contribution >= 0.6 is 0 Å². The third-order valence-corrected chi connectivity index (χ3v) is 5.64. The average molecular weight is 553 g/mol. The molecule has 0 bridgehead atoms. The first kappa shape index (κ1) is 31.5. The van der Waals surface area contributed by atoms with Gasteiger partial charge in [0.05, 0.1) is 11.9 Å². The predicted octanol–water partition coefficient (Wildman–Crippen LogP) is 2.02. The molecule has 0 aliphatic carbocycles. The molecule has 0 amide bonds. The van der Waals surface area contributed by atoms with Crippen molar-refractivity contribution in [2.24, 2.45) is 0 Å². The Hall–Kier alpha value is -2.50. The number of carboxylic acids is 2. The summed E-state index contributed by atoms with van der Waals surface area (Å²) in [6, 6.07) is 4.01. The molecule has 1 aromatic heterocycles. The Labute approximate surface area is 202 Å². The van der Waals surface area contributed by atoms with Gasteiger partial charge in [-0.25, -0.2) is 22.7 Å². The SMILES string of the molecule is CS(=O)(=O)N[C@H]1CCO[C@]2(CCN(Cc3cccnc3)C2)C1.O=C(O)C(F)(F)F.O=C(O)C(F)(F)F.